The molecule has 2 fully saturated rings. The zero-order valence-corrected chi connectivity index (χ0v) is 10.4. The fraction of sp³-hybridized carbons (Fsp3) is 0.500. The maximum Gasteiger partial charge on any atom is 0.235 e. The topological polar surface area (TPSA) is 41.9 Å². The second kappa shape index (κ2) is 4.23. The first-order valence-corrected chi connectivity index (χ1v) is 6.27. The smallest absolute Gasteiger partial charge is 0.235 e. The Morgan fingerprint density at radius 2 is 2.22 bits per heavy atom. The number of likely N-dealkylation sites (N-methyl/N-ethyl adjacent to an activating group) is 1. The molecule has 1 aromatic rings. The van der Waals surface area contributed by atoms with Crippen LogP contribution in [0.25, 0.3) is 0 Å². The van der Waals surface area contributed by atoms with E-state index in [0.29, 0.717) is 0 Å². The lowest BCUT2D eigenvalue weighted by Gasteiger charge is -2.36. The molecular formula is C14H16N2O2. The molecule has 94 valence electrons. The zero-order chi connectivity index (χ0) is 12.6. The molecule has 0 N–H and O–H groups in total. The molecule has 1 aliphatic heterocycles. The maximum atomic E-state index is 10.5. The van der Waals surface area contributed by atoms with Crippen LogP contribution in [0.15, 0.2) is 29.3 Å². The number of rotatable bonds is 4. The molecule has 2 aliphatic rings. The van der Waals surface area contributed by atoms with E-state index in [0.717, 1.165) is 37.2 Å². The normalized spacial score (nSPS) is 21.8. The monoisotopic (exact) mass is 244 g/mol. The fourth-order valence-corrected chi connectivity index (χ4v) is 2.44. The van der Waals surface area contributed by atoms with E-state index < -0.39 is 0 Å². The van der Waals surface area contributed by atoms with Crippen LogP contribution >= 0.6 is 0 Å². The predicted molar refractivity (Wildman–Crippen MR) is 67.4 cm³/mol. The average molecular weight is 244 g/mol. The molecule has 1 aliphatic carbocycles. The van der Waals surface area contributed by atoms with Gasteiger partial charge in [-0.1, -0.05) is 12.1 Å². The summed E-state index contributed by atoms with van der Waals surface area (Å²) in [6.45, 7) is 1.95. The molecule has 4 heteroatoms. The van der Waals surface area contributed by atoms with E-state index in [1.54, 1.807) is 6.08 Å². The third kappa shape index (κ3) is 2.05. The number of hydrogen-bond acceptors (Lipinski definition) is 4. The van der Waals surface area contributed by atoms with Crippen molar-refractivity contribution in [2.45, 2.75) is 24.5 Å². The molecule has 0 spiro atoms. The van der Waals surface area contributed by atoms with Crippen LogP contribution in [-0.4, -0.2) is 37.2 Å². The molecule has 0 atom stereocenters. The summed E-state index contributed by atoms with van der Waals surface area (Å²) in [7, 11) is 2.08. The Hall–Kier alpha value is -1.64. The zero-order valence-electron chi connectivity index (χ0n) is 10.4. The van der Waals surface area contributed by atoms with Crippen LogP contribution in [0.1, 0.15) is 18.4 Å². The van der Waals surface area contributed by atoms with Crippen LogP contribution < -0.4 is 4.74 Å². The van der Waals surface area contributed by atoms with E-state index in [1.807, 2.05) is 24.3 Å². The molecule has 0 unspecified atom stereocenters. The Labute approximate surface area is 106 Å². The van der Waals surface area contributed by atoms with Gasteiger partial charge in [0.05, 0.1) is 5.54 Å². The summed E-state index contributed by atoms with van der Waals surface area (Å²) in [6.07, 6.45) is 3.83. The molecule has 3 rings (SSSR count). The molecule has 18 heavy (non-hydrogen) atoms. The molecule has 0 bridgehead atoms. The van der Waals surface area contributed by atoms with Gasteiger partial charge in [-0.05, 0) is 37.6 Å². The van der Waals surface area contributed by atoms with Gasteiger partial charge in [0.2, 0.25) is 6.08 Å². The summed E-state index contributed by atoms with van der Waals surface area (Å²) in [5.74, 6) is 0.873. The number of hydrogen-bond donors (Lipinski definition) is 0. The summed E-state index contributed by atoms with van der Waals surface area (Å²) in [5, 5.41) is 0. The Morgan fingerprint density at radius 1 is 1.44 bits per heavy atom. The Balaban J connectivity index is 1.75. The quantitative estimate of drug-likeness (QED) is 0.598. The Morgan fingerprint density at radius 3 is 2.83 bits per heavy atom. The largest absolute Gasteiger partial charge is 0.488 e. The van der Waals surface area contributed by atoms with Gasteiger partial charge in [-0.15, -0.1) is 0 Å². The Kier molecular flexibility index (Phi) is 2.69. The molecule has 4 nitrogen and oxygen atoms in total. The number of carbonyl (C=O) groups excluding carboxylic acids is 1. The van der Waals surface area contributed by atoms with Crippen LogP contribution in [0.5, 0.6) is 5.75 Å². The molecule has 0 aromatic heterocycles. The molecule has 0 radical (unpaired) electrons. The number of nitrogens with zero attached hydrogens (tertiary/aromatic N) is 2. The van der Waals surface area contributed by atoms with E-state index in [9.17, 15) is 4.79 Å². The van der Waals surface area contributed by atoms with Crippen molar-refractivity contribution in [1.29, 1.82) is 0 Å². The second-order valence-electron chi connectivity index (χ2n) is 5.22. The van der Waals surface area contributed by atoms with E-state index in [1.165, 1.54) is 0 Å². The molecule has 1 saturated heterocycles. The maximum absolute atomic E-state index is 10.5. The van der Waals surface area contributed by atoms with Gasteiger partial charge >= 0.3 is 0 Å². The molecular weight excluding hydrogens is 228 g/mol. The van der Waals surface area contributed by atoms with Gasteiger partial charge in [0.25, 0.3) is 0 Å². The highest BCUT2D eigenvalue weighted by molar-refractivity contribution is 5.43. The number of aliphatic imine (C=N–C) groups is 1. The van der Waals surface area contributed by atoms with Crippen molar-refractivity contribution >= 4 is 6.08 Å². The first-order valence-electron chi connectivity index (χ1n) is 6.27. The van der Waals surface area contributed by atoms with Crippen LogP contribution in [0.4, 0.5) is 0 Å². The number of likely N-dealkylation sites (tertiary alicyclic amines) is 1. The highest BCUT2D eigenvalue weighted by atomic mass is 16.5. The highest BCUT2D eigenvalue weighted by Crippen LogP contribution is 2.49. The number of isocyanates is 1. The van der Waals surface area contributed by atoms with E-state index >= 15 is 0 Å². The highest BCUT2D eigenvalue weighted by Gasteiger charge is 2.45. The summed E-state index contributed by atoms with van der Waals surface area (Å²) in [5.41, 5.74) is 0.758. The lowest BCUT2D eigenvalue weighted by molar-refractivity contribution is 0.0387. The summed E-state index contributed by atoms with van der Waals surface area (Å²) < 4.78 is 5.88. The summed E-state index contributed by atoms with van der Waals surface area (Å²) in [4.78, 5) is 16.6. The van der Waals surface area contributed by atoms with Gasteiger partial charge in [0.15, 0.2) is 0 Å². The first-order chi connectivity index (χ1) is 8.72. The second-order valence-corrected chi connectivity index (χ2v) is 5.22. The summed E-state index contributed by atoms with van der Waals surface area (Å²) >= 11 is 0. The minimum absolute atomic E-state index is 0.287. The lowest BCUT2D eigenvalue weighted by Crippen LogP contribution is -2.51. The van der Waals surface area contributed by atoms with Gasteiger partial charge < -0.3 is 4.74 Å². The first kappa shape index (κ1) is 11.5. The van der Waals surface area contributed by atoms with Crippen molar-refractivity contribution in [3.05, 3.63) is 29.8 Å². The minimum atomic E-state index is -0.308. The van der Waals surface area contributed by atoms with Gasteiger partial charge in [-0.2, -0.15) is 4.99 Å². The predicted octanol–water partition coefficient (Wildman–Crippen LogP) is 1.70. The van der Waals surface area contributed by atoms with Crippen molar-refractivity contribution in [1.82, 2.24) is 4.90 Å². The van der Waals surface area contributed by atoms with Gasteiger partial charge in [0.1, 0.15) is 11.9 Å². The van der Waals surface area contributed by atoms with Crippen LogP contribution in [0.3, 0.4) is 0 Å². The van der Waals surface area contributed by atoms with Crippen molar-refractivity contribution < 1.29 is 9.53 Å². The standard InChI is InChI=1S/C14H16N2O2/c1-16-8-13(9-16)18-12-4-2-3-11(7-12)14(5-6-14)15-10-17/h2-4,7,13H,5-6,8-9H2,1H3. The number of ether oxygens (including phenoxy) is 1. The van der Waals surface area contributed by atoms with Crippen LogP contribution in [0.2, 0.25) is 0 Å². The van der Waals surface area contributed by atoms with Gasteiger partial charge in [-0.3, -0.25) is 4.90 Å². The van der Waals surface area contributed by atoms with E-state index in [-0.39, 0.29) is 11.6 Å². The number of benzene rings is 1. The SMILES string of the molecule is CN1CC(Oc2cccc(C3(N=C=O)CC3)c2)C1. The molecule has 1 aromatic carbocycles. The third-order valence-electron chi connectivity index (χ3n) is 3.69. The van der Waals surface area contributed by atoms with Crippen LogP contribution in [0, 0.1) is 0 Å². The van der Waals surface area contributed by atoms with Crippen molar-refractivity contribution in [2.24, 2.45) is 4.99 Å². The lowest BCUT2D eigenvalue weighted by atomic mass is 10.1. The third-order valence-corrected chi connectivity index (χ3v) is 3.69. The molecule has 1 saturated carbocycles. The average Bonchev–Trinajstić information content (AvgIpc) is 3.09. The van der Waals surface area contributed by atoms with Crippen LogP contribution in [-0.2, 0) is 10.3 Å². The molecule has 1 heterocycles. The Bertz CT molecular complexity index is 498. The van der Waals surface area contributed by atoms with E-state index in [2.05, 4.69) is 16.9 Å². The molecule has 0 amide bonds. The van der Waals surface area contributed by atoms with E-state index in [4.69, 9.17) is 4.74 Å². The van der Waals surface area contributed by atoms with Crippen molar-refractivity contribution in [3.8, 4) is 5.75 Å². The summed E-state index contributed by atoms with van der Waals surface area (Å²) in [6, 6.07) is 7.94. The minimum Gasteiger partial charge on any atom is -0.488 e. The fourth-order valence-electron chi connectivity index (χ4n) is 2.44. The van der Waals surface area contributed by atoms with Gasteiger partial charge in [-0.25, -0.2) is 4.79 Å². The van der Waals surface area contributed by atoms with Gasteiger partial charge in [0, 0.05) is 13.1 Å². The van der Waals surface area contributed by atoms with Crippen molar-refractivity contribution in [2.75, 3.05) is 20.1 Å². The van der Waals surface area contributed by atoms with Crippen molar-refractivity contribution in [3.63, 3.8) is 0 Å².